The van der Waals surface area contributed by atoms with E-state index in [0.717, 1.165) is 19.3 Å². The Morgan fingerprint density at radius 2 is 2.30 bits per heavy atom. The molecule has 20 heavy (non-hydrogen) atoms. The van der Waals surface area contributed by atoms with Gasteiger partial charge in [-0.05, 0) is 25.7 Å². The number of carboxylic acids is 1. The summed E-state index contributed by atoms with van der Waals surface area (Å²) in [4.78, 5) is 10.5. The van der Waals surface area contributed by atoms with Crippen LogP contribution < -0.4 is 4.72 Å². The molecule has 0 bridgehead atoms. The van der Waals surface area contributed by atoms with Gasteiger partial charge in [-0.15, -0.1) is 0 Å². The van der Waals surface area contributed by atoms with Gasteiger partial charge in [0.2, 0.25) is 10.0 Å². The topological polar surface area (TPSA) is 101 Å². The summed E-state index contributed by atoms with van der Waals surface area (Å²) < 4.78 is 28.3. The molecule has 1 unspecified atom stereocenters. The van der Waals surface area contributed by atoms with Crippen LogP contribution in [0.15, 0.2) is 17.3 Å². The number of carbonyl (C=O) groups is 1. The molecule has 1 saturated carbocycles. The first-order valence-electron chi connectivity index (χ1n) is 6.65. The van der Waals surface area contributed by atoms with Gasteiger partial charge in [0.25, 0.3) is 0 Å². The van der Waals surface area contributed by atoms with Gasteiger partial charge in [0.1, 0.15) is 4.90 Å². The summed E-state index contributed by atoms with van der Waals surface area (Å²) in [6, 6.07) is -0.0869. The van der Waals surface area contributed by atoms with Crippen LogP contribution >= 0.6 is 0 Å². The number of sulfonamides is 1. The predicted octanol–water partition coefficient (Wildman–Crippen LogP) is 0.825. The van der Waals surface area contributed by atoms with Crippen molar-refractivity contribution in [2.24, 2.45) is 5.92 Å². The Bertz CT molecular complexity index is 577. The van der Waals surface area contributed by atoms with E-state index in [2.05, 4.69) is 9.82 Å². The summed E-state index contributed by atoms with van der Waals surface area (Å²) in [5.41, 5.74) is 0. The highest BCUT2D eigenvalue weighted by atomic mass is 32.2. The van der Waals surface area contributed by atoms with Crippen LogP contribution in [0.25, 0.3) is 0 Å². The maximum absolute atomic E-state index is 12.2. The smallest absolute Gasteiger partial charge is 0.305 e. The molecule has 1 aliphatic carbocycles. The summed E-state index contributed by atoms with van der Waals surface area (Å²) in [7, 11) is -3.58. The number of nitrogens with zero attached hydrogens (tertiary/aromatic N) is 2. The molecule has 1 heterocycles. The second-order valence-electron chi connectivity index (χ2n) is 5.18. The number of nitrogens with one attached hydrogen (secondary N) is 1. The van der Waals surface area contributed by atoms with E-state index in [0.29, 0.717) is 5.92 Å². The monoisotopic (exact) mass is 301 g/mol. The number of hydrogen-bond donors (Lipinski definition) is 2. The van der Waals surface area contributed by atoms with E-state index in [-0.39, 0.29) is 23.9 Å². The number of aromatic nitrogens is 2. The van der Waals surface area contributed by atoms with Crippen molar-refractivity contribution in [1.82, 2.24) is 14.5 Å². The Hall–Kier alpha value is -1.41. The predicted molar refractivity (Wildman–Crippen MR) is 71.6 cm³/mol. The largest absolute Gasteiger partial charge is 0.481 e. The maximum Gasteiger partial charge on any atom is 0.305 e. The third-order valence-electron chi connectivity index (χ3n) is 3.67. The fraction of sp³-hybridized carbons (Fsp3) is 0.667. The molecule has 8 heteroatoms. The minimum Gasteiger partial charge on any atom is -0.481 e. The van der Waals surface area contributed by atoms with Gasteiger partial charge in [0.05, 0.1) is 19.2 Å². The lowest BCUT2D eigenvalue weighted by Crippen LogP contribution is -2.40. The number of carboxylic acid groups (broad SMARTS) is 1. The maximum atomic E-state index is 12.2. The zero-order chi connectivity index (χ0) is 14.8. The summed E-state index contributed by atoms with van der Waals surface area (Å²) in [5, 5.41) is 12.5. The molecule has 1 aromatic heterocycles. The molecule has 0 spiro atoms. The number of aliphatic carboxylic acids is 1. The van der Waals surface area contributed by atoms with E-state index in [1.807, 2.05) is 6.92 Å². The molecule has 1 fully saturated rings. The Labute approximate surface area is 118 Å². The Morgan fingerprint density at radius 1 is 1.60 bits per heavy atom. The fourth-order valence-electron chi connectivity index (χ4n) is 2.16. The lowest BCUT2D eigenvalue weighted by atomic mass is 9.81. The van der Waals surface area contributed by atoms with E-state index in [1.54, 1.807) is 0 Å². The van der Waals surface area contributed by atoms with Crippen molar-refractivity contribution < 1.29 is 18.3 Å². The Kier molecular flexibility index (Phi) is 4.44. The van der Waals surface area contributed by atoms with E-state index in [9.17, 15) is 13.2 Å². The van der Waals surface area contributed by atoms with E-state index >= 15 is 0 Å². The average molecular weight is 301 g/mol. The zero-order valence-corrected chi connectivity index (χ0v) is 12.1. The Balaban J connectivity index is 1.99. The molecule has 112 valence electrons. The molecule has 1 atom stereocenters. The van der Waals surface area contributed by atoms with E-state index < -0.39 is 16.0 Å². The van der Waals surface area contributed by atoms with Gasteiger partial charge in [-0.1, -0.05) is 6.42 Å². The SMILES string of the molecule is CC(NS(=O)(=O)c1cnn(CCC(=O)O)c1)C1CCC1. The third-order valence-corrected chi connectivity index (χ3v) is 5.19. The van der Waals surface area contributed by atoms with Crippen LogP contribution in [0.3, 0.4) is 0 Å². The van der Waals surface area contributed by atoms with Crippen LogP contribution in [0.5, 0.6) is 0 Å². The second kappa shape index (κ2) is 5.92. The molecule has 7 nitrogen and oxygen atoms in total. The molecule has 2 N–H and O–H groups in total. The Morgan fingerprint density at radius 3 is 2.85 bits per heavy atom. The van der Waals surface area contributed by atoms with Crippen LogP contribution in [0.4, 0.5) is 0 Å². The number of aryl methyl sites for hydroxylation is 1. The third kappa shape index (κ3) is 3.57. The molecule has 0 radical (unpaired) electrons. The summed E-state index contributed by atoms with van der Waals surface area (Å²) in [5.74, 6) is -0.534. The molecule has 2 rings (SSSR count). The fourth-order valence-corrected chi connectivity index (χ4v) is 3.43. The van der Waals surface area contributed by atoms with Crippen molar-refractivity contribution in [3.05, 3.63) is 12.4 Å². The lowest BCUT2D eigenvalue weighted by Gasteiger charge is -2.31. The number of rotatable bonds is 7. The molecule has 0 aliphatic heterocycles. The minimum absolute atomic E-state index is 0.0778. The summed E-state index contributed by atoms with van der Waals surface area (Å²) >= 11 is 0. The van der Waals surface area contributed by atoms with Gasteiger partial charge >= 0.3 is 5.97 Å². The van der Waals surface area contributed by atoms with Gasteiger partial charge in [-0.25, -0.2) is 13.1 Å². The van der Waals surface area contributed by atoms with Crippen LogP contribution in [0.1, 0.15) is 32.6 Å². The van der Waals surface area contributed by atoms with Crippen LogP contribution in [0.2, 0.25) is 0 Å². The van der Waals surface area contributed by atoms with E-state index in [4.69, 9.17) is 5.11 Å². The van der Waals surface area contributed by atoms with Crippen molar-refractivity contribution in [2.75, 3.05) is 0 Å². The van der Waals surface area contributed by atoms with Crippen molar-refractivity contribution in [3.8, 4) is 0 Å². The highest BCUT2D eigenvalue weighted by Gasteiger charge is 2.28. The molecule has 1 aliphatic rings. The second-order valence-corrected chi connectivity index (χ2v) is 6.90. The average Bonchev–Trinajstić information content (AvgIpc) is 2.71. The molecule has 0 amide bonds. The van der Waals surface area contributed by atoms with Crippen molar-refractivity contribution >= 4 is 16.0 Å². The molecular weight excluding hydrogens is 282 g/mol. The van der Waals surface area contributed by atoms with E-state index in [1.165, 1.54) is 17.1 Å². The van der Waals surface area contributed by atoms with Crippen molar-refractivity contribution in [1.29, 1.82) is 0 Å². The van der Waals surface area contributed by atoms with Gasteiger partial charge in [-0.3, -0.25) is 9.48 Å². The lowest BCUT2D eigenvalue weighted by molar-refractivity contribution is -0.137. The highest BCUT2D eigenvalue weighted by Crippen LogP contribution is 2.30. The first-order chi connectivity index (χ1) is 9.38. The summed E-state index contributed by atoms with van der Waals surface area (Å²) in [6.07, 6.45) is 5.79. The zero-order valence-electron chi connectivity index (χ0n) is 11.3. The first kappa shape index (κ1) is 15.0. The van der Waals surface area contributed by atoms with Crippen molar-refractivity contribution in [2.45, 2.75) is 50.1 Å². The van der Waals surface area contributed by atoms with Crippen LogP contribution in [-0.2, 0) is 21.4 Å². The van der Waals surface area contributed by atoms with Gasteiger partial charge in [0.15, 0.2) is 0 Å². The van der Waals surface area contributed by atoms with Gasteiger partial charge in [0, 0.05) is 12.2 Å². The molecule has 0 saturated heterocycles. The van der Waals surface area contributed by atoms with Crippen LogP contribution in [0, 0.1) is 5.92 Å². The molecule has 0 aromatic carbocycles. The summed E-state index contributed by atoms with van der Waals surface area (Å²) in [6.45, 7) is 2.03. The standard InChI is InChI=1S/C12H19N3O4S/c1-9(10-3-2-4-10)14-20(18,19)11-7-13-15(8-11)6-5-12(16)17/h7-10,14H,2-6H2,1H3,(H,16,17). The molecule has 1 aromatic rings. The normalized spacial score (nSPS) is 17.6. The van der Waals surface area contributed by atoms with Crippen molar-refractivity contribution in [3.63, 3.8) is 0 Å². The quantitative estimate of drug-likeness (QED) is 0.776. The molecular formula is C12H19N3O4S. The highest BCUT2D eigenvalue weighted by molar-refractivity contribution is 7.89. The number of hydrogen-bond acceptors (Lipinski definition) is 4. The first-order valence-corrected chi connectivity index (χ1v) is 8.13. The van der Waals surface area contributed by atoms with Gasteiger partial charge in [-0.2, -0.15) is 5.10 Å². The minimum atomic E-state index is -3.58. The van der Waals surface area contributed by atoms with Gasteiger partial charge < -0.3 is 5.11 Å². The van der Waals surface area contributed by atoms with Crippen LogP contribution in [-0.4, -0.2) is 35.3 Å².